The number of carbonyl (C=O) groups is 4. The normalized spacial score (nSPS) is 23.9. The molecule has 0 bridgehead atoms. The topological polar surface area (TPSA) is 193 Å². The van der Waals surface area contributed by atoms with Crippen molar-refractivity contribution >= 4 is 45.8 Å². The quantitative estimate of drug-likeness (QED) is 0.114. The van der Waals surface area contributed by atoms with Gasteiger partial charge in [0.05, 0.1) is 61.4 Å². The van der Waals surface area contributed by atoms with E-state index in [-0.39, 0.29) is 54.0 Å². The number of carbonyl (C=O) groups excluding carboxylic acids is 4. The lowest BCUT2D eigenvalue weighted by Crippen LogP contribution is -2.54. The van der Waals surface area contributed by atoms with Gasteiger partial charge in [-0.1, -0.05) is 32.0 Å². The molecule has 16 heteroatoms. The number of hydrogen-bond acceptors (Lipinski definition) is 10. The van der Waals surface area contributed by atoms with Gasteiger partial charge in [-0.3, -0.25) is 9.59 Å². The number of methoxy groups -OCH3 is 2. The number of hydrogen-bond donors (Lipinski definition) is 4. The van der Waals surface area contributed by atoms with E-state index in [1.54, 1.807) is 0 Å². The van der Waals surface area contributed by atoms with Gasteiger partial charge >= 0.3 is 12.2 Å². The van der Waals surface area contributed by atoms with Crippen molar-refractivity contribution in [3.63, 3.8) is 0 Å². The Labute approximate surface area is 372 Å². The molecule has 0 aliphatic carbocycles. The average molecular weight is 875 g/mol. The standard InChI is InChI=1S/C48H58N8O8/c1-24(2)40(53-47(59)61-6)46(58)56-25(3)10-15-38(56)44-50-35-14-12-28-20-34-32-13-11-29(19-31(32)23-63-39(34)21-33(28)42(35)52-44)36-22-49-43(51-36)37-9-8-16-55(37)45(57)41(54-48(60)62-7)30-17-26(4)64-27(5)18-30/h11-14,19-22,24-27,30,37-38,40-41H,8-10,15-18,23H2,1-7H3,(H,49,51)(H,50,52)(H,53,59)(H,54,60)/t25-,26+,27+,37-,38-,40-,41-/m0/s1. The van der Waals surface area contributed by atoms with Gasteiger partial charge in [0.1, 0.15) is 36.1 Å². The number of fused-ring (bicyclic) bond motifs is 6. The molecule has 0 saturated carbocycles. The summed E-state index contributed by atoms with van der Waals surface area (Å²) in [7, 11) is 2.61. The predicted octanol–water partition coefficient (Wildman–Crippen LogP) is 7.69. The average Bonchev–Trinajstić information content (AvgIpc) is 4.12. The minimum absolute atomic E-state index is 0.0235. The Hall–Kier alpha value is -6.16. The second kappa shape index (κ2) is 17.4. The summed E-state index contributed by atoms with van der Waals surface area (Å²) in [6.45, 7) is 10.8. The molecule has 2 aromatic heterocycles. The van der Waals surface area contributed by atoms with Crippen LogP contribution in [0.4, 0.5) is 9.59 Å². The number of H-pyrrole nitrogens is 2. The first-order valence-electron chi connectivity index (χ1n) is 22.6. The highest BCUT2D eigenvalue weighted by Gasteiger charge is 2.43. The van der Waals surface area contributed by atoms with Gasteiger partial charge in [0, 0.05) is 23.5 Å². The summed E-state index contributed by atoms with van der Waals surface area (Å²) in [5.41, 5.74) is 6.59. The number of imidazole rings is 2. The van der Waals surface area contributed by atoms with Gasteiger partial charge in [-0.2, -0.15) is 0 Å². The van der Waals surface area contributed by atoms with Gasteiger partial charge in [0.15, 0.2) is 0 Å². The molecule has 4 aliphatic heterocycles. The van der Waals surface area contributed by atoms with Crippen molar-refractivity contribution < 1.29 is 38.1 Å². The molecular formula is C48H58N8O8. The third kappa shape index (κ3) is 8.01. The molecule has 4 aliphatic rings. The molecule has 3 fully saturated rings. The molecule has 9 rings (SSSR count). The smallest absolute Gasteiger partial charge is 0.407 e. The molecule has 0 unspecified atom stereocenters. The highest BCUT2D eigenvalue weighted by Crippen LogP contribution is 2.44. The number of rotatable bonds is 9. The Morgan fingerprint density at radius 1 is 0.844 bits per heavy atom. The van der Waals surface area contributed by atoms with Crippen LogP contribution >= 0.6 is 0 Å². The molecule has 3 aromatic carbocycles. The number of benzene rings is 3. The van der Waals surface area contributed by atoms with Gasteiger partial charge in [0.25, 0.3) is 0 Å². The van der Waals surface area contributed by atoms with Crippen molar-refractivity contribution in [1.82, 2.24) is 40.4 Å². The highest BCUT2D eigenvalue weighted by atomic mass is 16.5. The number of amides is 4. The molecular weight excluding hydrogens is 817 g/mol. The number of nitrogens with one attached hydrogen (secondary N) is 4. The maximum atomic E-state index is 14.3. The highest BCUT2D eigenvalue weighted by molar-refractivity contribution is 6.07. The Morgan fingerprint density at radius 3 is 2.36 bits per heavy atom. The van der Waals surface area contributed by atoms with Crippen molar-refractivity contribution in [3.8, 4) is 28.1 Å². The predicted molar refractivity (Wildman–Crippen MR) is 239 cm³/mol. The van der Waals surface area contributed by atoms with Crippen LogP contribution in [0.5, 0.6) is 5.75 Å². The zero-order valence-electron chi connectivity index (χ0n) is 37.5. The molecule has 3 saturated heterocycles. The van der Waals surface area contributed by atoms with E-state index in [4.69, 9.17) is 28.9 Å². The van der Waals surface area contributed by atoms with Crippen LogP contribution in [-0.4, -0.2) is 105 Å². The number of aromatic nitrogens is 4. The minimum atomic E-state index is -0.731. The zero-order valence-corrected chi connectivity index (χ0v) is 37.5. The maximum absolute atomic E-state index is 14.3. The SMILES string of the molecule is COC(=O)N[C@H](C(=O)N1[C@@H](C)CC[C@H]1c1nc2ccc3cc4c(cc3c2[nH]1)OCc1cc(-c2cnc([C@@H]3CCCN3C(=O)[C@@H](NC(=O)OC)C3C[C@@H](C)O[C@H](C)C3)[nH]2)ccc1-4)C(C)C. The monoisotopic (exact) mass is 874 g/mol. The van der Waals surface area contributed by atoms with Crippen LogP contribution in [0, 0.1) is 11.8 Å². The molecule has 0 radical (unpaired) electrons. The van der Waals surface area contributed by atoms with Gasteiger partial charge in [-0.25, -0.2) is 19.6 Å². The van der Waals surface area contributed by atoms with Gasteiger partial charge in [0.2, 0.25) is 11.8 Å². The van der Waals surface area contributed by atoms with Crippen LogP contribution in [0.15, 0.2) is 48.7 Å². The van der Waals surface area contributed by atoms with Crippen LogP contribution in [0.25, 0.3) is 44.2 Å². The van der Waals surface area contributed by atoms with Crippen molar-refractivity contribution in [2.45, 2.75) is 122 Å². The molecule has 6 heterocycles. The first kappa shape index (κ1) is 43.1. The second-order valence-corrected chi connectivity index (χ2v) is 18.3. The Kier molecular flexibility index (Phi) is 11.7. The fourth-order valence-electron chi connectivity index (χ4n) is 10.6. The molecule has 64 heavy (non-hydrogen) atoms. The van der Waals surface area contributed by atoms with Crippen molar-refractivity contribution in [1.29, 1.82) is 0 Å². The summed E-state index contributed by atoms with van der Waals surface area (Å²) < 4.78 is 22.2. The van der Waals surface area contributed by atoms with E-state index >= 15 is 0 Å². The molecule has 7 atom stereocenters. The van der Waals surface area contributed by atoms with Crippen molar-refractivity contribution in [2.24, 2.45) is 11.8 Å². The molecule has 16 nitrogen and oxygen atoms in total. The first-order valence-corrected chi connectivity index (χ1v) is 22.6. The first-order chi connectivity index (χ1) is 30.8. The van der Waals surface area contributed by atoms with E-state index in [1.165, 1.54) is 14.2 Å². The van der Waals surface area contributed by atoms with Crippen LogP contribution in [0.2, 0.25) is 0 Å². The maximum Gasteiger partial charge on any atom is 0.407 e. The van der Waals surface area contributed by atoms with Gasteiger partial charge < -0.3 is 49.3 Å². The molecule has 5 aromatic rings. The third-order valence-corrected chi connectivity index (χ3v) is 13.7. The largest absolute Gasteiger partial charge is 0.488 e. The van der Waals surface area contributed by atoms with E-state index in [0.717, 1.165) is 81.2 Å². The lowest BCUT2D eigenvalue weighted by Gasteiger charge is -2.38. The fourth-order valence-corrected chi connectivity index (χ4v) is 10.6. The van der Waals surface area contributed by atoms with Crippen LogP contribution in [-0.2, 0) is 30.4 Å². The fraction of sp³-hybridized carbons (Fsp3) is 0.500. The Balaban J connectivity index is 0.950. The van der Waals surface area contributed by atoms with E-state index < -0.39 is 24.3 Å². The summed E-state index contributed by atoms with van der Waals surface area (Å²) in [5, 5.41) is 7.60. The van der Waals surface area contributed by atoms with E-state index in [1.807, 2.05) is 56.7 Å². The van der Waals surface area contributed by atoms with Crippen molar-refractivity contribution in [3.05, 3.63) is 65.9 Å². The van der Waals surface area contributed by atoms with Crippen LogP contribution in [0.1, 0.15) is 102 Å². The number of nitrogens with zero attached hydrogens (tertiary/aromatic N) is 4. The summed E-state index contributed by atoms with van der Waals surface area (Å²) in [5.74, 6) is 1.69. The van der Waals surface area contributed by atoms with Crippen molar-refractivity contribution in [2.75, 3.05) is 20.8 Å². The number of likely N-dealkylation sites (tertiary alicyclic amines) is 2. The van der Waals surface area contributed by atoms with E-state index in [0.29, 0.717) is 37.6 Å². The van der Waals surface area contributed by atoms with Gasteiger partial charge in [-0.05, 0) is 117 Å². The number of ether oxygens (including phenoxy) is 4. The van der Waals surface area contributed by atoms with E-state index in [9.17, 15) is 19.2 Å². The van der Waals surface area contributed by atoms with Crippen LogP contribution < -0.4 is 15.4 Å². The lowest BCUT2D eigenvalue weighted by atomic mass is 9.85. The Morgan fingerprint density at radius 2 is 1.61 bits per heavy atom. The molecule has 4 N–H and O–H groups in total. The van der Waals surface area contributed by atoms with E-state index in [2.05, 4.69) is 57.0 Å². The number of aromatic amines is 2. The van der Waals surface area contributed by atoms with Crippen LogP contribution in [0.3, 0.4) is 0 Å². The van der Waals surface area contributed by atoms with Gasteiger partial charge in [-0.15, -0.1) is 0 Å². The third-order valence-electron chi connectivity index (χ3n) is 13.7. The Bertz CT molecular complexity index is 2590. The summed E-state index contributed by atoms with van der Waals surface area (Å²) >= 11 is 0. The summed E-state index contributed by atoms with van der Waals surface area (Å²) in [6.07, 6.45) is 4.98. The number of alkyl carbamates (subject to hydrolysis) is 2. The molecule has 338 valence electrons. The second-order valence-electron chi connectivity index (χ2n) is 18.3. The zero-order chi connectivity index (χ0) is 45.0. The molecule has 4 amide bonds. The lowest BCUT2D eigenvalue weighted by molar-refractivity contribution is -0.139. The minimum Gasteiger partial charge on any atom is -0.488 e. The summed E-state index contributed by atoms with van der Waals surface area (Å²) in [4.78, 5) is 73.6. The molecule has 0 spiro atoms. The summed E-state index contributed by atoms with van der Waals surface area (Å²) in [6, 6.07) is 12.6.